The van der Waals surface area contributed by atoms with Gasteiger partial charge in [-0.3, -0.25) is 9.69 Å². The van der Waals surface area contributed by atoms with Gasteiger partial charge >= 0.3 is 0 Å². The zero-order valence-corrected chi connectivity index (χ0v) is 16.0. The number of hydrogen-bond donors (Lipinski definition) is 0. The molecule has 0 bridgehead atoms. The molecule has 0 spiro atoms. The number of rotatable bonds is 3. The van der Waals surface area contributed by atoms with Crippen molar-refractivity contribution >= 4 is 28.5 Å². The molecule has 4 nitrogen and oxygen atoms in total. The molecule has 0 N–H and O–H groups in total. The van der Waals surface area contributed by atoms with Gasteiger partial charge in [0.1, 0.15) is 0 Å². The van der Waals surface area contributed by atoms with E-state index < -0.39 is 0 Å². The number of carbonyl (C=O) groups is 1. The van der Waals surface area contributed by atoms with Crippen LogP contribution in [-0.4, -0.2) is 60.1 Å². The fourth-order valence-corrected chi connectivity index (χ4v) is 4.35. The molecule has 0 aliphatic carbocycles. The summed E-state index contributed by atoms with van der Waals surface area (Å²) in [6, 6.07) is 8.23. The lowest BCUT2D eigenvalue weighted by Gasteiger charge is -2.38. The number of nitrogens with zero attached hydrogens (tertiary/aromatic N) is 2. The van der Waals surface area contributed by atoms with Crippen LogP contribution in [0.15, 0.2) is 24.3 Å². The van der Waals surface area contributed by atoms with Gasteiger partial charge in [0.2, 0.25) is 0 Å². The number of benzene rings is 1. The molecule has 2 saturated heterocycles. The third-order valence-corrected chi connectivity index (χ3v) is 5.34. The fraction of sp³-hybridized carbons (Fsp3) is 0.611. The van der Waals surface area contributed by atoms with E-state index in [9.17, 15) is 4.79 Å². The standard InChI is InChI=1S/C18H25IN2O2/c1-13-10-20(11-14(2)23-13)12-17-7-4-8-21(17)18(22)15-5-3-6-16(19)9-15/h3,5-6,9,13-14,17H,4,7-8,10-12H2,1-2H3. The first-order chi connectivity index (χ1) is 11.0. The van der Waals surface area contributed by atoms with E-state index in [-0.39, 0.29) is 18.1 Å². The monoisotopic (exact) mass is 428 g/mol. The SMILES string of the molecule is CC1CN(CC2CCCN2C(=O)c2cccc(I)c2)CC(C)O1. The van der Waals surface area contributed by atoms with Gasteiger partial charge in [-0.2, -0.15) is 0 Å². The molecular formula is C18H25IN2O2. The summed E-state index contributed by atoms with van der Waals surface area (Å²) in [7, 11) is 0. The van der Waals surface area contributed by atoms with Gasteiger partial charge in [-0.15, -0.1) is 0 Å². The summed E-state index contributed by atoms with van der Waals surface area (Å²) in [6.45, 7) is 8.04. The van der Waals surface area contributed by atoms with Crippen LogP contribution >= 0.6 is 22.6 Å². The van der Waals surface area contributed by atoms with Gasteiger partial charge in [-0.1, -0.05) is 6.07 Å². The van der Waals surface area contributed by atoms with Crippen LogP contribution in [0.5, 0.6) is 0 Å². The maximum absolute atomic E-state index is 12.9. The van der Waals surface area contributed by atoms with Crippen molar-refractivity contribution in [1.82, 2.24) is 9.80 Å². The molecule has 1 amide bonds. The fourth-order valence-electron chi connectivity index (χ4n) is 3.81. The molecule has 0 aromatic heterocycles. The summed E-state index contributed by atoms with van der Waals surface area (Å²) in [4.78, 5) is 17.4. The molecule has 2 heterocycles. The Morgan fingerprint density at radius 2 is 2.04 bits per heavy atom. The Morgan fingerprint density at radius 1 is 1.30 bits per heavy atom. The summed E-state index contributed by atoms with van der Waals surface area (Å²) < 4.78 is 6.93. The van der Waals surface area contributed by atoms with Crippen LogP contribution in [0, 0.1) is 3.57 Å². The molecule has 0 radical (unpaired) electrons. The largest absolute Gasteiger partial charge is 0.373 e. The molecule has 2 aliphatic rings. The van der Waals surface area contributed by atoms with Gasteiger partial charge < -0.3 is 9.64 Å². The number of amides is 1. The molecule has 1 aromatic carbocycles. The van der Waals surface area contributed by atoms with Crippen molar-refractivity contribution in [1.29, 1.82) is 0 Å². The Balaban J connectivity index is 1.66. The number of likely N-dealkylation sites (tertiary alicyclic amines) is 1. The van der Waals surface area contributed by atoms with Crippen LogP contribution in [0.2, 0.25) is 0 Å². The highest BCUT2D eigenvalue weighted by Crippen LogP contribution is 2.23. The minimum atomic E-state index is 0.181. The first-order valence-corrected chi connectivity index (χ1v) is 9.55. The third-order valence-electron chi connectivity index (χ3n) is 4.67. The summed E-state index contributed by atoms with van der Waals surface area (Å²) in [5, 5.41) is 0. The van der Waals surface area contributed by atoms with Crippen molar-refractivity contribution in [3.05, 3.63) is 33.4 Å². The molecule has 3 unspecified atom stereocenters. The van der Waals surface area contributed by atoms with Crippen molar-refractivity contribution in [2.75, 3.05) is 26.2 Å². The zero-order valence-electron chi connectivity index (χ0n) is 13.9. The average molecular weight is 428 g/mol. The Hall–Kier alpha value is -0.660. The molecule has 3 atom stereocenters. The quantitative estimate of drug-likeness (QED) is 0.695. The minimum absolute atomic E-state index is 0.181. The zero-order chi connectivity index (χ0) is 16.4. The molecular weight excluding hydrogens is 403 g/mol. The van der Waals surface area contributed by atoms with E-state index in [0.717, 1.165) is 48.2 Å². The molecule has 23 heavy (non-hydrogen) atoms. The number of carbonyl (C=O) groups excluding carboxylic acids is 1. The number of halogens is 1. The second-order valence-electron chi connectivity index (χ2n) is 6.78. The molecule has 0 saturated carbocycles. The van der Waals surface area contributed by atoms with E-state index >= 15 is 0 Å². The second kappa shape index (κ2) is 7.49. The van der Waals surface area contributed by atoms with E-state index in [4.69, 9.17) is 4.74 Å². The third kappa shape index (κ3) is 4.25. The normalized spacial score (nSPS) is 29.0. The topological polar surface area (TPSA) is 32.8 Å². The number of morpholine rings is 1. The first-order valence-electron chi connectivity index (χ1n) is 8.47. The molecule has 2 aliphatic heterocycles. The van der Waals surface area contributed by atoms with Crippen LogP contribution in [0.3, 0.4) is 0 Å². The van der Waals surface area contributed by atoms with Crippen LogP contribution in [0.1, 0.15) is 37.0 Å². The van der Waals surface area contributed by atoms with E-state index in [0.29, 0.717) is 6.04 Å². The second-order valence-corrected chi connectivity index (χ2v) is 8.03. The van der Waals surface area contributed by atoms with Gasteiger partial charge in [-0.05, 0) is 67.5 Å². The maximum atomic E-state index is 12.9. The van der Waals surface area contributed by atoms with E-state index in [1.807, 2.05) is 24.3 Å². The summed E-state index contributed by atoms with van der Waals surface area (Å²) >= 11 is 2.26. The van der Waals surface area contributed by atoms with Crippen molar-refractivity contribution in [3.8, 4) is 0 Å². The molecule has 1 aromatic rings. The average Bonchev–Trinajstić information content (AvgIpc) is 2.93. The number of hydrogen-bond acceptors (Lipinski definition) is 3. The lowest BCUT2D eigenvalue weighted by Crippen LogP contribution is -2.50. The summed E-state index contributed by atoms with van der Waals surface area (Å²) in [5.74, 6) is 0.181. The van der Waals surface area contributed by atoms with Gasteiger partial charge in [-0.25, -0.2) is 0 Å². The maximum Gasteiger partial charge on any atom is 0.254 e. The molecule has 126 valence electrons. The molecule has 2 fully saturated rings. The predicted octanol–water partition coefficient (Wildman–Crippen LogP) is 3.01. The Labute approximate surface area is 152 Å². The highest BCUT2D eigenvalue weighted by atomic mass is 127. The minimum Gasteiger partial charge on any atom is -0.373 e. The lowest BCUT2D eigenvalue weighted by molar-refractivity contribution is -0.0715. The van der Waals surface area contributed by atoms with Crippen molar-refractivity contribution in [3.63, 3.8) is 0 Å². The smallest absolute Gasteiger partial charge is 0.254 e. The van der Waals surface area contributed by atoms with E-state index in [2.05, 4.69) is 46.2 Å². The van der Waals surface area contributed by atoms with Crippen LogP contribution < -0.4 is 0 Å². The predicted molar refractivity (Wildman–Crippen MR) is 99.7 cm³/mol. The highest BCUT2D eigenvalue weighted by molar-refractivity contribution is 14.1. The Morgan fingerprint density at radius 3 is 2.74 bits per heavy atom. The Kier molecular flexibility index (Phi) is 5.59. The summed E-state index contributed by atoms with van der Waals surface area (Å²) in [6.07, 6.45) is 2.77. The lowest BCUT2D eigenvalue weighted by atomic mass is 10.1. The van der Waals surface area contributed by atoms with Crippen molar-refractivity contribution in [2.24, 2.45) is 0 Å². The molecule has 5 heteroatoms. The van der Waals surface area contributed by atoms with Gasteiger partial charge in [0.05, 0.1) is 12.2 Å². The first kappa shape index (κ1) is 17.2. The summed E-state index contributed by atoms with van der Waals surface area (Å²) in [5.41, 5.74) is 0.813. The van der Waals surface area contributed by atoms with Gasteiger partial charge in [0.25, 0.3) is 5.91 Å². The highest BCUT2D eigenvalue weighted by Gasteiger charge is 2.32. The van der Waals surface area contributed by atoms with E-state index in [1.165, 1.54) is 0 Å². The van der Waals surface area contributed by atoms with E-state index in [1.54, 1.807) is 0 Å². The number of ether oxygens (including phenoxy) is 1. The van der Waals surface area contributed by atoms with Crippen molar-refractivity contribution in [2.45, 2.75) is 44.9 Å². The van der Waals surface area contributed by atoms with Gasteiger partial charge in [0, 0.05) is 41.4 Å². The van der Waals surface area contributed by atoms with Crippen LogP contribution in [0.25, 0.3) is 0 Å². The van der Waals surface area contributed by atoms with Crippen LogP contribution in [0.4, 0.5) is 0 Å². The Bertz CT molecular complexity index is 556. The van der Waals surface area contributed by atoms with Crippen LogP contribution in [-0.2, 0) is 4.74 Å². The molecule has 3 rings (SSSR count). The van der Waals surface area contributed by atoms with Crippen molar-refractivity contribution < 1.29 is 9.53 Å². The van der Waals surface area contributed by atoms with Gasteiger partial charge in [0.15, 0.2) is 0 Å².